The van der Waals surface area contributed by atoms with Crippen LogP contribution >= 0.6 is 27.5 Å². The lowest BCUT2D eigenvalue weighted by atomic mass is 10.00. The number of unbranched alkanes of at least 4 members (excludes halogenated alkanes) is 1. The highest BCUT2D eigenvalue weighted by Crippen LogP contribution is 2.38. The van der Waals surface area contributed by atoms with Gasteiger partial charge in [0.1, 0.15) is 36.8 Å². The van der Waals surface area contributed by atoms with E-state index in [-0.39, 0.29) is 36.7 Å². The summed E-state index contributed by atoms with van der Waals surface area (Å²) in [5.41, 5.74) is 5.53. The number of hydrogen-bond acceptors (Lipinski definition) is 10. The first-order valence-corrected chi connectivity index (χ1v) is 19.1. The number of fused-ring (bicyclic) bond motifs is 1. The summed E-state index contributed by atoms with van der Waals surface area (Å²) >= 11 is 10.5. The molecule has 1 saturated heterocycles. The number of benzene rings is 3. The molecule has 15 heteroatoms. The number of aliphatic carboxylic acids is 1. The Morgan fingerprint density at radius 1 is 1.07 bits per heavy atom. The van der Waals surface area contributed by atoms with Gasteiger partial charge in [-0.15, -0.1) is 0 Å². The molecule has 13 nitrogen and oxygen atoms in total. The number of nitrogens with one attached hydrogen (secondary N) is 3. The predicted octanol–water partition coefficient (Wildman–Crippen LogP) is 5.73. The van der Waals surface area contributed by atoms with E-state index < -0.39 is 18.6 Å². The molecule has 2 atom stereocenters. The predicted molar refractivity (Wildman–Crippen MR) is 211 cm³/mol. The van der Waals surface area contributed by atoms with Crippen molar-refractivity contribution in [2.45, 2.75) is 64.1 Å². The number of hydrogen-bond donors (Lipinski definition) is 5. The molecule has 0 saturated carbocycles. The molecule has 1 amide bonds. The van der Waals surface area contributed by atoms with Gasteiger partial charge in [-0.1, -0.05) is 41.9 Å². The van der Waals surface area contributed by atoms with Gasteiger partial charge in [-0.05, 0) is 71.1 Å². The van der Waals surface area contributed by atoms with Crippen molar-refractivity contribution in [3.05, 3.63) is 105 Å². The Balaban J connectivity index is 1.14. The lowest BCUT2D eigenvalue weighted by molar-refractivity contribution is -0.140. The number of halogens is 2. The first-order valence-electron chi connectivity index (χ1n) is 18.0. The number of nitriles is 1. The molecule has 3 aromatic carbocycles. The Labute approximate surface area is 331 Å². The second-order valence-corrected chi connectivity index (χ2v) is 14.4. The van der Waals surface area contributed by atoms with Gasteiger partial charge in [-0.25, -0.2) is 0 Å². The van der Waals surface area contributed by atoms with Gasteiger partial charge in [0, 0.05) is 77.1 Å². The van der Waals surface area contributed by atoms with Gasteiger partial charge in [0.15, 0.2) is 0 Å². The maximum Gasteiger partial charge on any atom is 0.323 e. The molecule has 1 unspecified atom stereocenters. The highest BCUT2D eigenvalue weighted by atomic mass is 79.9. The minimum absolute atomic E-state index is 0.0403. The number of aromatic nitrogens is 3. The monoisotopic (exact) mass is 829 g/mol. The van der Waals surface area contributed by atoms with Crippen LogP contribution in [-0.4, -0.2) is 68.6 Å². The number of aliphatic hydroxyl groups is 1. The van der Waals surface area contributed by atoms with Crippen LogP contribution in [0.4, 0.5) is 0 Å². The number of aryl methyl sites for hydroxylation is 1. The fourth-order valence-corrected chi connectivity index (χ4v) is 7.23. The number of carboxylic acid groups (broad SMARTS) is 1. The SMILES string of the molecule is N#Cc1cncc(COc2cc(OCc3cccc(-c4cccc5c4cnn5CCCCNC[C@@H]4CCC(=O)N4)c3Br)c(Cl)cc2CNC(CO)C(=O)O)c1. The maximum atomic E-state index is 11.5. The fraction of sp³-hybridized carbons (Fsp3) is 0.325. The lowest BCUT2D eigenvalue weighted by Gasteiger charge is -2.18. The van der Waals surface area contributed by atoms with Crippen molar-refractivity contribution in [1.29, 1.82) is 5.26 Å². The second kappa shape index (κ2) is 19.0. The van der Waals surface area contributed by atoms with Gasteiger partial charge in [-0.3, -0.25) is 24.6 Å². The molecule has 6 rings (SSSR count). The zero-order valence-corrected chi connectivity index (χ0v) is 32.3. The minimum atomic E-state index is -1.19. The zero-order valence-electron chi connectivity index (χ0n) is 29.9. The van der Waals surface area contributed by atoms with Gasteiger partial charge in [0.25, 0.3) is 0 Å². The summed E-state index contributed by atoms with van der Waals surface area (Å²) in [7, 11) is 0. The van der Waals surface area contributed by atoms with E-state index in [1.165, 1.54) is 6.20 Å². The largest absolute Gasteiger partial charge is 0.488 e. The Morgan fingerprint density at radius 3 is 2.67 bits per heavy atom. The molecule has 1 aliphatic rings. The Morgan fingerprint density at radius 2 is 1.89 bits per heavy atom. The number of aliphatic hydroxyl groups excluding tert-OH is 1. The number of pyridine rings is 1. The zero-order chi connectivity index (χ0) is 38.7. The van der Waals surface area contributed by atoms with Crippen molar-refractivity contribution in [3.63, 3.8) is 0 Å². The van der Waals surface area contributed by atoms with Crippen molar-refractivity contribution >= 4 is 50.3 Å². The van der Waals surface area contributed by atoms with Crippen LogP contribution in [0.5, 0.6) is 11.5 Å². The number of carbonyl (C=O) groups excluding carboxylic acids is 1. The van der Waals surface area contributed by atoms with Crippen molar-refractivity contribution in [1.82, 2.24) is 30.7 Å². The van der Waals surface area contributed by atoms with Gasteiger partial charge < -0.3 is 30.3 Å². The lowest BCUT2D eigenvalue weighted by Crippen LogP contribution is -2.39. The van der Waals surface area contributed by atoms with Crippen molar-refractivity contribution in [3.8, 4) is 28.7 Å². The molecule has 0 bridgehead atoms. The van der Waals surface area contributed by atoms with E-state index in [9.17, 15) is 25.1 Å². The molecule has 5 N–H and O–H groups in total. The first kappa shape index (κ1) is 39.6. The average Bonchev–Trinajstić information content (AvgIpc) is 3.81. The smallest absolute Gasteiger partial charge is 0.323 e. The molecule has 3 heterocycles. The highest BCUT2D eigenvalue weighted by Gasteiger charge is 2.21. The van der Waals surface area contributed by atoms with Crippen molar-refractivity contribution in [2.24, 2.45) is 0 Å². The summed E-state index contributed by atoms with van der Waals surface area (Å²) in [5.74, 6) is -0.330. The third-order valence-electron chi connectivity index (χ3n) is 9.34. The average molecular weight is 831 g/mol. The number of amides is 1. The maximum absolute atomic E-state index is 11.5. The van der Waals surface area contributed by atoms with Crippen LogP contribution in [0.3, 0.4) is 0 Å². The molecule has 0 aliphatic carbocycles. The molecule has 5 aromatic rings. The Kier molecular flexibility index (Phi) is 13.7. The van der Waals surface area contributed by atoms with Crippen molar-refractivity contribution in [2.75, 3.05) is 19.7 Å². The van der Waals surface area contributed by atoms with Crippen LogP contribution < -0.4 is 25.4 Å². The highest BCUT2D eigenvalue weighted by molar-refractivity contribution is 9.10. The standard InChI is InChI=1S/C40H41BrClN7O6/c41-39-27(5-3-7-31(39)30-6-4-8-35-32(30)21-47-49(35)12-2-1-11-44-20-29-9-10-38(51)48-29)24-55-37-15-36(54-23-26-13-25(16-43)17-45-18-26)28(14-33(37)42)19-46-34(22-50)40(52)53/h3-8,13-15,17-18,21,29,34,44,46,50H,1-2,9-12,19-20,22-24H2,(H,48,51)(H,52,53)/t29-,34?/m0/s1. The van der Waals surface area contributed by atoms with Gasteiger partial charge >= 0.3 is 5.97 Å². The molecule has 286 valence electrons. The van der Waals surface area contributed by atoms with Crippen LogP contribution in [0.25, 0.3) is 22.0 Å². The van der Waals surface area contributed by atoms with Crippen LogP contribution in [0.1, 0.15) is 47.9 Å². The minimum Gasteiger partial charge on any atom is -0.488 e. The molecule has 1 aliphatic heterocycles. The van der Waals surface area contributed by atoms with E-state index in [1.807, 2.05) is 35.1 Å². The molecule has 1 fully saturated rings. The number of rotatable bonds is 19. The summed E-state index contributed by atoms with van der Waals surface area (Å²) < 4.78 is 15.3. The quantitative estimate of drug-likeness (QED) is 0.0642. The van der Waals surface area contributed by atoms with Gasteiger partial charge in [0.2, 0.25) is 5.91 Å². The number of ether oxygens (including phenoxy) is 2. The Bertz CT molecular complexity index is 2190. The summed E-state index contributed by atoms with van der Waals surface area (Å²) in [4.78, 5) is 27.0. The molecular weight excluding hydrogens is 790 g/mol. The molecular formula is C40H41BrClN7O6. The van der Waals surface area contributed by atoms with E-state index in [0.29, 0.717) is 34.6 Å². The van der Waals surface area contributed by atoms with Crippen LogP contribution in [0.15, 0.2) is 77.7 Å². The topological polar surface area (TPSA) is 184 Å². The van der Waals surface area contributed by atoms with Crippen LogP contribution in [0.2, 0.25) is 5.02 Å². The molecule has 0 radical (unpaired) electrons. The normalized spacial score (nSPS) is 14.4. The molecule has 0 spiro atoms. The van der Waals surface area contributed by atoms with E-state index >= 15 is 0 Å². The van der Waals surface area contributed by atoms with E-state index in [4.69, 9.17) is 26.2 Å². The van der Waals surface area contributed by atoms with Crippen molar-refractivity contribution < 1.29 is 29.3 Å². The Hall–Kier alpha value is -5.04. The van der Waals surface area contributed by atoms with Gasteiger partial charge in [0.05, 0.1) is 28.9 Å². The first-order chi connectivity index (χ1) is 26.7. The van der Waals surface area contributed by atoms with E-state index in [0.717, 1.165) is 71.0 Å². The fourth-order valence-electron chi connectivity index (χ4n) is 6.40. The second-order valence-electron chi connectivity index (χ2n) is 13.2. The van der Waals surface area contributed by atoms with Gasteiger partial charge in [-0.2, -0.15) is 10.4 Å². The number of carboxylic acids is 1. The third-order valence-corrected chi connectivity index (χ3v) is 10.6. The van der Waals surface area contributed by atoms with Crippen LogP contribution in [0, 0.1) is 11.3 Å². The summed E-state index contributed by atoms with van der Waals surface area (Å²) in [6.45, 7) is 2.16. The molecule has 2 aromatic heterocycles. The number of nitrogens with zero attached hydrogens (tertiary/aromatic N) is 4. The summed E-state index contributed by atoms with van der Waals surface area (Å²) in [6.07, 6.45) is 8.42. The van der Waals surface area contributed by atoms with Crippen LogP contribution in [-0.2, 0) is 35.9 Å². The third kappa shape index (κ3) is 10.2. The molecule has 55 heavy (non-hydrogen) atoms. The van der Waals surface area contributed by atoms with E-state index in [1.54, 1.807) is 24.4 Å². The summed E-state index contributed by atoms with van der Waals surface area (Å²) in [6, 6.07) is 18.2. The number of carbonyl (C=O) groups is 2. The van der Waals surface area contributed by atoms with E-state index in [2.05, 4.69) is 55.1 Å². The summed E-state index contributed by atoms with van der Waals surface area (Å²) in [5, 5.41) is 43.5.